The van der Waals surface area contributed by atoms with E-state index in [2.05, 4.69) is 5.32 Å². The molecular weight excluding hydrogens is 246 g/mol. The van der Waals surface area contributed by atoms with Gasteiger partial charge in [-0.2, -0.15) is 0 Å². The van der Waals surface area contributed by atoms with Crippen LogP contribution in [0.25, 0.3) is 0 Å². The molecule has 0 aromatic heterocycles. The fraction of sp³-hybridized carbons (Fsp3) is 0.500. The first kappa shape index (κ1) is 13.7. The third-order valence-electron chi connectivity index (χ3n) is 3.46. The molecule has 0 aliphatic carbocycles. The highest BCUT2D eigenvalue weighted by atomic mass is 16.5. The zero-order valence-corrected chi connectivity index (χ0v) is 11.0. The van der Waals surface area contributed by atoms with E-state index in [-0.39, 0.29) is 12.5 Å². The van der Waals surface area contributed by atoms with Crippen molar-refractivity contribution in [3.05, 3.63) is 24.3 Å². The first-order valence-electron chi connectivity index (χ1n) is 6.41. The number of carboxylic acids is 1. The van der Waals surface area contributed by atoms with Crippen LogP contribution in [0.15, 0.2) is 24.3 Å². The molecule has 104 valence electrons. The number of rotatable bonds is 6. The van der Waals surface area contributed by atoms with Crippen LogP contribution in [0.5, 0.6) is 11.5 Å². The Hall–Kier alpha value is -1.75. The van der Waals surface area contributed by atoms with Crippen molar-refractivity contribution in [3.8, 4) is 11.5 Å². The van der Waals surface area contributed by atoms with Crippen molar-refractivity contribution in [3.63, 3.8) is 0 Å². The molecule has 5 heteroatoms. The summed E-state index contributed by atoms with van der Waals surface area (Å²) in [5.74, 6) is 0.212. The minimum Gasteiger partial charge on any atom is -0.497 e. The van der Waals surface area contributed by atoms with Gasteiger partial charge in [0.15, 0.2) is 0 Å². The molecule has 2 atom stereocenters. The second-order valence-electron chi connectivity index (χ2n) is 4.69. The fourth-order valence-corrected chi connectivity index (χ4v) is 2.31. The van der Waals surface area contributed by atoms with Gasteiger partial charge in [0, 0.05) is 6.07 Å². The minimum absolute atomic E-state index is 0.142. The summed E-state index contributed by atoms with van der Waals surface area (Å²) in [6, 6.07) is 7.20. The lowest BCUT2D eigenvalue weighted by molar-refractivity contribution is -0.144. The zero-order chi connectivity index (χ0) is 13.7. The Morgan fingerprint density at radius 1 is 1.53 bits per heavy atom. The van der Waals surface area contributed by atoms with Gasteiger partial charge in [0.05, 0.1) is 13.0 Å². The van der Waals surface area contributed by atoms with Crippen molar-refractivity contribution >= 4 is 5.97 Å². The number of benzene rings is 1. The van der Waals surface area contributed by atoms with Crippen LogP contribution < -0.4 is 14.8 Å². The molecule has 1 aromatic rings. The molecule has 1 fully saturated rings. The van der Waals surface area contributed by atoms with Crippen molar-refractivity contribution in [2.24, 2.45) is 11.8 Å². The van der Waals surface area contributed by atoms with E-state index in [1.165, 1.54) is 0 Å². The highest BCUT2D eigenvalue weighted by Crippen LogP contribution is 2.23. The number of hydrogen-bond donors (Lipinski definition) is 2. The largest absolute Gasteiger partial charge is 0.497 e. The molecule has 2 unspecified atom stereocenters. The average Bonchev–Trinajstić information content (AvgIpc) is 2.93. The number of nitrogens with one attached hydrogen (secondary N) is 1. The first-order chi connectivity index (χ1) is 9.20. The molecule has 0 bridgehead atoms. The van der Waals surface area contributed by atoms with Crippen molar-refractivity contribution in [1.29, 1.82) is 0 Å². The van der Waals surface area contributed by atoms with Gasteiger partial charge in [-0.1, -0.05) is 6.07 Å². The zero-order valence-electron chi connectivity index (χ0n) is 11.0. The summed E-state index contributed by atoms with van der Waals surface area (Å²) in [6.45, 7) is 1.82. The first-order valence-corrected chi connectivity index (χ1v) is 6.41. The van der Waals surface area contributed by atoms with Gasteiger partial charge >= 0.3 is 5.97 Å². The molecule has 0 radical (unpaired) electrons. The third-order valence-corrected chi connectivity index (χ3v) is 3.46. The molecule has 0 saturated carbocycles. The Kier molecular flexibility index (Phi) is 4.63. The van der Waals surface area contributed by atoms with Crippen LogP contribution in [0.2, 0.25) is 0 Å². The average molecular weight is 265 g/mol. The SMILES string of the molecule is COc1cccc(OCC(C(=O)O)C2CCNC2)c1. The van der Waals surface area contributed by atoms with E-state index < -0.39 is 11.9 Å². The number of carboxylic acid groups (broad SMARTS) is 1. The number of methoxy groups -OCH3 is 1. The van der Waals surface area contributed by atoms with E-state index in [0.29, 0.717) is 11.5 Å². The summed E-state index contributed by atoms with van der Waals surface area (Å²) >= 11 is 0. The maximum absolute atomic E-state index is 11.3. The molecule has 2 rings (SSSR count). The van der Waals surface area contributed by atoms with E-state index in [1.54, 1.807) is 19.2 Å². The van der Waals surface area contributed by atoms with Crippen LogP contribution in [-0.4, -0.2) is 37.9 Å². The van der Waals surface area contributed by atoms with E-state index >= 15 is 0 Å². The van der Waals surface area contributed by atoms with Gasteiger partial charge in [-0.25, -0.2) is 0 Å². The topological polar surface area (TPSA) is 67.8 Å². The molecule has 0 amide bonds. The summed E-state index contributed by atoms with van der Waals surface area (Å²) in [5, 5.41) is 12.5. The number of aliphatic carboxylic acids is 1. The van der Waals surface area contributed by atoms with Gasteiger partial charge in [-0.15, -0.1) is 0 Å². The number of carbonyl (C=O) groups is 1. The lowest BCUT2D eigenvalue weighted by atomic mass is 9.92. The lowest BCUT2D eigenvalue weighted by Crippen LogP contribution is -2.30. The van der Waals surface area contributed by atoms with Gasteiger partial charge in [-0.3, -0.25) is 4.79 Å². The van der Waals surface area contributed by atoms with E-state index in [0.717, 1.165) is 19.5 Å². The van der Waals surface area contributed by atoms with E-state index in [9.17, 15) is 9.90 Å². The highest BCUT2D eigenvalue weighted by molar-refractivity contribution is 5.70. The van der Waals surface area contributed by atoms with E-state index in [1.807, 2.05) is 12.1 Å². The van der Waals surface area contributed by atoms with Crippen LogP contribution in [0, 0.1) is 11.8 Å². The summed E-state index contributed by atoms with van der Waals surface area (Å²) in [4.78, 5) is 11.3. The molecule has 1 aromatic carbocycles. The van der Waals surface area contributed by atoms with Crippen molar-refractivity contribution < 1.29 is 19.4 Å². The van der Waals surface area contributed by atoms with Gasteiger partial charge in [0.1, 0.15) is 18.1 Å². The smallest absolute Gasteiger partial charge is 0.310 e. The molecule has 2 N–H and O–H groups in total. The molecule has 1 aliphatic rings. The van der Waals surface area contributed by atoms with Gasteiger partial charge in [-0.05, 0) is 37.6 Å². The Morgan fingerprint density at radius 3 is 2.95 bits per heavy atom. The molecule has 1 saturated heterocycles. The fourth-order valence-electron chi connectivity index (χ4n) is 2.31. The predicted molar refractivity (Wildman–Crippen MR) is 70.6 cm³/mol. The predicted octanol–water partition coefficient (Wildman–Crippen LogP) is 1.38. The quantitative estimate of drug-likeness (QED) is 0.813. The maximum Gasteiger partial charge on any atom is 0.310 e. The molecule has 5 nitrogen and oxygen atoms in total. The Bertz CT molecular complexity index is 429. The second kappa shape index (κ2) is 6.43. The van der Waals surface area contributed by atoms with Crippen molar-refractivity contribution in [2.45, 2.75) is 6.42 Å². The third kappa shape index (κ3) is 3.61. The maximum atomic E-state index is 11.3. The highest BCUT2D eigenvalue weighted by Gasteiger charge is 2.31. The van der Waals surface area contributed by atoms with Crippen LogP contribution in [-0.2, 0) is 4.79 Å². The Morgan fingerprint density at radius 2 is 2.32 bits per heavy atom. The molecule has 1 heterocycles. The molecule has 0 spiro atoms. The summed E-state index contributed by atoms with van der Waals surface area (Å²) in [7, 11) is 1.59. The van der Waals surface area contributed by atoms with E-state index in [4.69, 9.17) is 9.47 Å². The van der Waals surface area contributed by atoms with Crippen LogP contribution in [0.3, 0.4) is 0 Å². The van der Waals surface area contributed by atoms with Crippen molar-refractivity contribution in [1.82, 2.24) is 5.32 Å². The number of ether oxygens (including phenoxy) is 2. The normalized spacial score (nSPS) is 19.9. The standard InChI is InChI=1S/C14H19NO4/c1-18-11-3-2-4-12(7-11)19-9-13(14(16)17)10-5-6-15-8-10/h2-4,7,10,13,15H,5-6,8-9H2,1H3,(H,16,17). The molecule has 1 aliphatic heterocycles. The van der Waals surface area contributed by atoms with Crippen LogP contribution in [0.1, 0.15) is 6.42 Å². The Labute approximate surface area is 112 Å². The van der Waals surface area contributed by atoms with Crippen LogP contribution >= 0.6 is 0 Å². The van der Waals surface area contributed by atoms with Gasteiger partial charge in [0.2, 0.25) is 0 Å². The summed E-state index contributed by atoms with van der Waals surface area (Å²) < 4.78 is 10.7. The lowest BCUT2D eigenvalue weighted by Gasteiger charge is -2.19. The number of hydrogen-bond acceptors (Lipinski definition) is 4. The van der Waals surface area contributed by atoms with Gasteiger partial charge in [0.25, 0.3) is 0 Å². The Balaban J connectivity index is 1.96. The second-order valence-corrected chi connectivity index (χ2v) is 4.69. The monoisotopic (exact) mass is 265 g/mol. The molecular formula is C14H19NO4. The van der Waals surface area contributed by atoms with Crippen molar-refractivity contribution in [2.75, 3.05) is 26.8 Å². The minimum atomic E-state index is -0.795. The van der Waals surface area contributed by atoms with Gasteiger partial charge < -0.3 is 19.9 Å². The summed E-state index contributed by atoms with van der Waals surface area (Å²) in [5.41, 5.74) is 0. The van der Waals surface area contributed by atoms with Crippen LogP contribution in [0.4, 0.5) is 0 Å². The molecule has 19 heavy (non-hydrogen) atoms. The summed E-state index contributed by atoms with van der Waals surface area (Å²) in [6.07, 6.45) is 0.887.